The van der Waals surface area contributed by atoms with E-state index in [0.717, 1.165) is 24.2 Å². The molecule has 0 radical (unpaired) electrons. The van der Waals surface area contributed by atoms with Crippen LogP contribution in [0.4, 0.5) is 5.69 Å². The molecule has 5 nitrogen and oxygen atoms in total. The minimum Gasteiger partial charge on any atom is -0.396 e. The van der Waals surface area contributed by atoms with Gasteiger partial charge in [-0.3, -0.25) is 0 Å². The molecule has 0 spiro atoms. The lowest BCUT2D eigenvalue weighted by atomic mass is 10.3. The Kier molecular flexibility index (Phi) is 2.63. The van der Waals surface area contributed by atoms with E-state index in [9.17, 15) is 8.42 Å². The molecule has 0 amide bonds. The average Bonchev–Trinajstić information content (AvgIpc) is 3.18. The highest BCUT2D eigenvalue weighted by Gasteiger charge is 2.36. The van der Waals surface area contributed by atoms with Gasteiger partial charge in [0.15, 0.2) is 9.84 Å². The van der Waals surface area contributed by atoms with Crippen LogP contribution in [0.25, 0.3) is 5.69 Å². The number of benzene rings is 1. The van der Waals surface area contributed by atoms with E-state index >= 15 is 0 Å². The summed E-state index contributed by atoms with van der Waals surface area (Å²) >= 11 is 0. The van der Waals surface area contributed by atoms with Crippen LogP contribution in [0.1, 0.15) is 18.5 Å². The molecule has 2 N–H and O–H groups in total. The quantitative estimate of drug-likeness (QED) is 0.926. The number of nitrogens with zero attached hydrogens (tertiary/aromatic N) is 2. The van der Waals surface area contributed by atoms with Crippen molar-refractivity contribution in [1.82, 2.24) is 9.78 Å². The van der Waals surface area contributed by atoms with E-state index in [1.165, 1.54) is 0 Å². The highest BCUT2D eigenvalue weighted by atomic mass is 32.2. The van der Waals surface area contributed by atoms with Crippen LogP contribution in [0, 0.1) is 6.92 Å². The van der Waals surface area contributed by atoms with E-state index in [0.29, 0.717) is 10.6 Å². The molecule has 1 aliphatic rings. The topological polar surface area (TPSA) is 78.0 Å². The highest BCUT2D eigenvalue weighted by molar-refractivity contribution is 7.92. The van der Waals surface area contributed by atoms with Gasteiger partial charge in [0, 0.05) is 0 Å². The molecular formula is C13H15N3O2S. The minimum atomic E-state index is -3.12. The average molecular weight is 277 g/mol. The maximum Gasteiger partial charge on any atom is 0.181 e. The lowest BCUT2D eigenvalue weighted by Gasteiger charge is -2.05. The van der Waals surface area contributed by atoms with Crippen LogP contribution in [-0.4, -0.2) is 23.4 Å². The van der Waals surface area contributed by atoms with Gasteiger partial charge in [-0.05, 0) is 44.0 Å². The fourth-order valence-corrected chi connectivity index (χ4v) is 3.62. The third kappa shape index (κ3) is 2.12. The minimum absolute atomic E-state index is 0.180. The summed E-state index contributed by atoms with van der Waals surface area (Å²) in [4.78, 5) is 0.385. The molecule has 1 aromatic heterocycles. The zero-order chi connectivity index (χ0) is 13.6. The molecule has 0 saturated heterocycles. The zero-order valence-electron chi connectivity index (χ0n) is 10.6. The molecule has 0 unspecified atom stereocenters. The molecular weight excluding hydrogens is 262 g/mol. The number of aromatic nitrogens is 2. The van der Waals surface area contributed by atoms with Gasteiger partial charge in [-0.25, -0.2) is 13.1 Å². The Morgan fingerprint density at radius 1 is 1.26 bits per heavy atom. The second-order valence-electron chi connectivity index (χ2n) is 4.85. The third-order valence-corrected chi connectivity index (χ3v) is 5.61. The first-order valence-electron chi connectivity index (χ1n) is 6.14. The van der Waals surface area contributed by atoms with Gasteiger partial charge in [0.2, 0.25) is 0 Å². The van der Waals surface area contributed by atoms with Crippen molar-refractivity contribution in [3.63, 3.8) is 0 Å². The first kappa shape index (κ1) is 12.2. The molecule has 1 fully saturated rings. The summed E-state index contributed by atoms with van der Waals surface area (Å²) in [5.41, 5.74) is 7.93. The summed E-state index contributed by atoms with van der Waals surface area (Å²) in [5, 5.41) is 4.08. The van der Waals surface area contributed by atoms with Gasteiger partial charge in [0.1, 0.15) is 0 Å². The molecule has 1 aliphatic carbocycles. The Morgan fingerprint density at radius 3 is 2.37 bits per heavy atom. The number of anilines is 1. The number of rotatable bonds is 3. The third-order valence-electron chi connectivity index (χ3n) is 3.33. The van der Waals surface area contributed by atoms with Crippen molar-refractivity contribution < 1.29 is 8.42 Å². The van der Waals surface area contributed by atoms with Gasteiger partial charge >= 0.3 is 0 Å². The standard InChI is InChI=1S/C13H15N3O2S/c1-9-13(14)8-16(15-9)10-2-4-11(5-3-10)19(17,18)12-6-7-12/h2-5,8,12H,6-7,14H2,1H3. The number of sulfone groups is 1. The number of nitrogens with two attached hydrogens (primary N) is 1. The van der Waals surface area contributed by atoms with Crippen molar-refractivity contribution in [1.29, 1.82) is 0 Å². The molecule has 19 heavy (non-hydrogen) atoms. The van der Waals surface area contributed by atoms with Gasteiger partial charge < -0.3 is 5.73 Å². The summed E-state index contributed by atoms with van der Waals surface area (Å²) in [7, 11) is -3.12. The van der Waals surface area contributed by atoms with Crippen LogP contribution < -0.4 is 5.73 Å². The lowest BCUT2D eigenvalue weighted by Crippen LogP contribution is -2.07. The Hall–Kier alpha value is -1.82. The van der Waals surface area contributed by atoms with E-state index in [1.807, 2.05) is 6.92 Å². The molecule has 1 aromatic carbocycles. The van der Waals surface area contributed by atoms with Gasteiger partial charge in [-0.15, -0.1) is 0 Å². The first-order valence-corrected chi connectivity index (χ1v) is 7.69. The predicted molar refractivity (Wildman–Crippen MR) is 72.9 cm³/mol. The van der Waals surface area contributed by atoms with Crippen LogP contribution in [0.5, 0.6) is 0 Å². The fourth-order valence-electron chi connectivity index (χ4n) is 1.96. The summed E-state index contributed by atoms with van der Waals surface area (Å²) in [5.74, 6) is 0. The zero-order valence-corrected chi connectivity index (χ0v) is 11.4. The molecule has 0 atom stereocenters. The Balaban J connectivity index is 1.95. The Bertz CT molecular complexity index is 693. The van der Waals surface area contributed by atoms with E-state index in [4.69, 9.17) is 5.73 Å². The SMILES string of the molecule is Cc1nn(-c2ccc(S(=O)(=O)C3CC3)cc2)cc1N. The van der Waals surface area contributed by atoms with Crippen molar-refractivity contribution in [2.75, 3.05) is 5.73 Å². The maximum atomic E-state index is 12.1. The maximum absolute atomic E-state index is 12.1. The normalized spacial score (nSPS) is 15.6. The van der Waals surface area contributed by atoms with Crippen LogP contribution in [0.2, 0.25) is 0 Å². The van der Waals surface area contributed by atoms with E-state index in [2.05, 4.69) is 5.10 Å². The second kappa shape index (κ2) is 4.09. The predicted octanol–water partition coefficient (Wildman–Crippen LogP) is 1.70. The largest absolute Gasteiger partial charge is 0.396 e. The number of nitrogen functional groups attached to an aromatic ring is 1. The first-order chi connectivity index (χ1) is 8.98. The van der Waals surface area contributed by atoms with E-state index in [1.54, 1.807) is 35.1 Å². The van der Waals surface area contributed by atoms with Crippen LogP contribution in [0.15, 0.2) is 35.4 Å². The molecule has 3 rings (SSSR count). The molecule has 0 aliphatic heterocycles. The molecule has 6 heteroatoms. The molecule has 1 saturated carbocycles. The van der Waals surface area contributed by atoms with Crippen LogP contribution in [-0.2, 0) is 9.84 Å². The van der Waals surface area contributed by atoms with Crippen molar-refractivity contribution in [2.24, 2.45) is 0 Å². The summed E-state index contributed by atoms with van der Waals surface area (Å²) in [6, 6.07) is 6.77. The second-order valence-corrected chi connectivity index (χ2v) is 7.08. The van der Waals surface area contributed by atoms with Crippen LogP contribution >= 0.6 is 0 Å². The number of hydrogen-bond donors (Lipinski definition) is 1. The van der Waals surface area contributed by atoms with Gasteiger partial charge in [0.25, 0.3) is 0 Å². The number of aryl methyl sites for hydroxylation is 1. The summed E-state index contributed by atoms with van der Waals surface area (Å²) in [6.07, 6.45) is 3.28. The van der Waals surface area contributed by atoms with Crippen molar-refractivity contribution in [3.05, 3.63) is 36.2 Å². The van der Waals surface area contributed by atoms with Gasteiger partial charge in [0.05, 0.1) is 33.4 Å². The van der Waals surface area contributed by atoms with Crippen molar-refractivity contribution in [2.45, 2.75) is 29.9 Å². The lowest BCUT2D eigenvalue weighted by molar-refractivity contribution is 0.595. The Labute approximate surface area is 112 Å². The number of hydrogen-bond acceptors (Lipinski definition) is 4. The molecule has 0 bridgehead atoms. The fraction of sp³-hybridized carbons (Fsp3) is 0.308. The molecule has 1 heterocycles. The summed E-state index contributed by atoms with van der Waals surface area (Å²) < 4.78 is 25.8. The van der Waals surface area contributed by atoms with Crippen LogP contribution in [0.3, 0.4) is 0 Å². The van der Waals surface area contributed by atoms with Gasteiger partial charge in [-0.2, -0.15) is 5.10 Å². The summed E-state index contributed by atoms with van der Waals surface area (Å²) in [6.45, 7) is 1.83. The monoisotopic (exact) mass is 277 g/mol. The molecule has 100 valence electrons. The van der Waals surface area contributed by atoms with E-state index < -0.39 is 9.84 Å². The van der Waals surface area contributed by atoms with Crippen molar-refractivity contribution >= 4 is 15.5 Å². The van der Waals surface area contributed by atoms with Crippen molar-refractivity contribution in [3.8, 4) is 5.69 Å². The Morgan fingerprint density at radius 2 is 1.89 bits per heavy atom. The van der Waals surface area contributed by atoms with Gasteiger partial charge in [-0.1, -0.05) is 0 Å². The van der Waals surface area contributed by atoms with E-state index in [-0.39, 0.29) is 5.25 Å². The molecule has 2 aromatic rings. The smallest absolute Gasteiger partial charge is 0.181 e. The highest BCUT2D eigenvalue weighted by Crippen LogP contribution is 2.33.